The van der Waals surface area contributed by atoms with Crippen LogP contribution in [0.3, 0.4) is 0 Å². The highest BCUT2D eigenvalue weighted by Gasteiger charge is 2.42. The molecule has 1 saturated carbocycles. The van der Waals surface area contributed by atoms with Crippen molar-refractivity contribution in [1.29, 1.82) is 0 Å². The molecule has 0 aromatic heterocycles. The minimum absolute atomic E-state index is 0.0910. The van der Waals surface area contributed by atoms with Crippen LogP contribution in [0.5, 0.6) is 0 Å². The Labute approximate surface area is 176 Å². The molecule has 6 heteroatoms. The van der Waals surface area contributed by atoms with Gasteiger partial charge in [-0.15, -0.1) is 0 Å². The standard InChI is InChI=1S/C24H27N3O3/c1-15-11-13-16(14-12-15)20(22(28)25-17-7-3-2-4-8-17)21-23(29)26-18-9-5-6-10-19(18)27-24(21)30/h5-6,9-14,17,20-21H,2-4,7-8H2,1H3,(H,25,28)(H,26,29)(H,27,30). The molecule has 2 aliphatic rings. The van der Waals surface area contributed by atoms with E-state index in [9.17, 15) is 14.4 Å². The zero-order valence-electron chi connectivity index (χ0n) is 17.1. The van der Waals surface area contributed by atoms with Gasteiger partial charge in [0.25, 0.3) is 0 Å². The van der Waals surface area contributed by atoms with Crippen molar-refractivity contribution in [3.05, 3.63) is 59.7 Å². The smallest absolute Gasteiger partial charge is 0.238 e. The molecule has 0 saturated heterocycles. The molecule has 3 amide bonds. The van der Waals surface area contributed by atoms with E-state index in [1.807, 2.05) is 31.2 Å². The molecular weight excluding hydrogens is 378 g/mol. The number of para-hydroxylation sites is 2. The molecule has 2 aromatic carbocycles. The number of anilines is 2. The van der Waals surface area contributed by atoms with Gasteiger partial charge in [0.05, 0.1) is 17.3 Å². The number of carbonyl (C=O) groups excluding carboxylic acids is 3. The van der Waals surface area contributed by atoms with Crippen LogP contribution in [0.25, 0.3) is 0 Å². The topological polar surface area (TPSA) is 87.3 Å². The van der Waals surface area contributed by atoms with Crippen LogP contribution in [-0.4, -0.2) is 23.8 Å². The average molecular weight is 405 g/mol. The number of hydrogen-bond donors (Lipinski definition) is 3. The molecule has 1 atom stereocenters. The third kappa shape index (κ3) is 4.22. The third-order valence-corrected chi connectivity index (χ3v) is 6.01. The van der Waals surface area contributed by atoms with E-state index in [1.165, 1.54) is 6.42 Å². The van der Waals surface area contributed by atoms with Gasteiger partial charge in [-0.2, -0.15) is 0 Å². The number of fused-ring (bicyclic) bond motifs is 1. The van der Waals surface area contributed by atoms with E-state index in [-0.39, 0.29) is 11.9 Å². The summed E-state index contributed by atoms with van der Waals surface area (Å²) in [5.74, 6) is -3.28. The Kier molecular flexibility index (Phi) is 5.84. The predicted molar refractivity (Wildman–Crippen MR) is 116 cm³/mol. The van der Waals surface area contributed by atoms with E-state index in [2.05, 4.69) is 16.0 Å². The Hall–Kier alpha value is -3.15. The molecule has 30 heavy (non-hydrogen) atoms. The number of benzene rings is 2. The van der Waals surface area contributed by atoms with Gasteiger partial charge >= 0.3 is 0 Å². The van der Waals surface area contributed by atoms with Crippen molar-refractivity contribution in [1.82, 2.24) is 5.32 Å². The van der Waals surface area contributed by atoms with E-state index >= 15 is 0 Å². The van der Waals surface area contributed by atoms with Gasteiger partial charge in [0.15, 0.2) is 0 Å². The molecule has 3 N–H and O–H groups in total. The maximum absolute atomic E-state index is 13.4. The lowest BCUT2D eigenvalue weighted by Gasteiger charge is -2.28. The summed E-state index contributed by atoms with van der Waals surface area (Å²) in [7, 11) is 0. The van der Waals surface area contributed by atoms with E-state index < -0.39 is 23.7 Å². The molecule has 6 nitrogen and oxygen atoms in total. The summed E-state index contributed by atoms with van der Waals surface area (Å²) in [6, 6.07) is 14.6. The predicted octanol–water partition coefficient (Wildman–Crippen LogP) is 3.73. The summed E-state index contributed by atoms with van der Waals surface area (Å²) < 4.78 is 0. The quantitative estimate of drug-likeness (QED) is 0.677. The second-order valence-electron chi connectivity index (χ2n) is 8.23. The number of nitrogens with one attached hydrogen (secondary N) is 3. The SMILES string of the molecule is Cc1ccc(C(C(=O)NC2CCCCC2)C2C(=O)Nc3ccccc3NC2=O)cc1. The number of rotatable bonds is 4. The summed E-state index contributed by atoms with van der Waals surface area (Å²) in [5, 5.41) is 8.75. The first kappa shape index (κ1) is 20.1. The second kappa shape index (κ2) is 8.69. The van der Waals surface area contributed by atoms with Crippen molar-refractivity contribution >= 4 is 29.1 Å². The van der Waals surface area contributed by atoms with Crippen molar-refractivity contribution in [2.24, 2.45) is 5.92 Å². The van der Waals surface area contributed by atoms with Crippen molar-refractivity contribution in [3.8, 4) is 0 Å². The Morgan fingerprint density at radius 2 is 1.47 bits per heavy atom. The van der Waals surface area contributed by atoms with Crippen LogP contribution in [0.1, 0.15) is 49.1 Å². The lowest BCUT2D eigenvalue weighted by Crippen LogP contribution is -2.46. The third-order valence-electron chi connectivity index (χ3n) is 6.01. The second-order valence-corrected chi connectivity index (χ2v) is 8.23. The Morgan fingerprint density at radius 3 is 2.03 bits per heavy atom. The van der Waals surface area contributed by atoms with Gasteiger partial charge < -0.3 is 16.0 Å². The molecule has 1 aliphatic heterocycles. The van der Waals surface area contributed by atoms with E-state index in [4.69, 9.17) is 0 Å². The lowest BCUT2D eigenvalue weighted by molar-refractivity contribution is -0.136. The van der Waals surface area contributed by atoms with Crippen LogP contribution in [0.2, 0.25) is 0 Å². The highest BCUT2D eigenvalue weighted by atomic mass is 16.2. The Bertz CT molecular complexity index is 911. The first-order valence-electron chi connectivity index (χ1n) is 10.6. The van der Waals surface area contributed by atoms with Crippen LogP contribution < -0.4 is 16.0 Å². The first-order valence-corrected chi connectivity index (χ1v) is 10.6. The fourth-order valence-electron chi connectivity index (χ4n) is 4.35. The molecule has 156 valence electrons. The number of amides is 3. The minimum atomic E-state index is -1.16. The molecule has 4 rings (SSSR count). The van der Waals surface area contributed by atoms with Gasteiger partial charge in [-0.25, -0.2) is 0 Å². The summed E-state index contributed by atoms with van der Waals surface area (Å²) in [5.41, 5.74) is 2.78. The Morgan fingerprint density at radius 1 is 0.900 bits per heavy atom. The highest BCUT2D eigenvalue weighted by Crippen LogP contribution is 2.33. The molecule has 2 aromatic rings. The van der Waals surface area contributed by atoms with Crippen LogP contribution >= 0.6 is 0 Å². The zero-order chi connectivity index (χ0) is 21.1. The van der Waals surface area contributed by atoms with Crippen LogP contribution in [0.4, 0.5) is 11.4 Å². The van der Waals surface area contributed by atoms with Crippen LogP contribution in [0, 0.1) is 12.8 Å². The molecule has 1 aliphatic carbocycles. The molecule has 1 fully saturated rings. The normalized spacial score (nSPS) is 18.6. The molecular formula is C24H27N3O3. The number of aryl methyl sites for hydroxylation is 1. The monoisotopic (exact) mass is 405 g/mol. The Balaban J connectivity index is 1.67. The lowest BCUT2D eigenvalue weighted by atomic mass is 9.83. The van der Waals surface area contributed by atoms with Crippen molar-refractivity contribution < 1.29 is 14.4 Å². The molecule has 0 radical (unpaired) electrons. The summed E-state index contributed by atoms with van der Waals surface area (Å²) in [4.78, 5) is 39.6. The fraction of sp³-hybridized carbons (Fsp3) is 0.375. The maximum Gasteiger partial charge on any atom is 0.238 e. The van der Waals surface area contributed by atoms with E-state index in [0.29, 0.717) is 16.9 Å². The van der Waals surface area contributed by atoms with Gasteiger partial charge in [0, 0.05) is 6.04 Å². The number of hydrogen-bond acceptors (Lipinski definition) is 3. The zero-order valence-corrected chi connectivity index (χ0v) is 17.1. The first-order chi connectivity index (χ1) is 14.5. The van der Waals surface area contributed by atoms with Gasteiger partial charge in [-0.05, 0) is 37.5 Å². The van der Waals surface area contributed by atoms with Gasteiger partial charge in [0.1, 0.15) is 5.92 Å². The van der Waals surface area contributed by atoms with Gasteiger partial charge in [0.2, 0.25) is 17.7 Å². The van der Waals surface area contributed by atoms with Crippen LogP contribution in [0.15, 0.2) is 48.5 Å². The fourth-order valence-corrected chi connectivity index (χ4v) is 4.35. The maximum atomic E-state index is 13.4. The minimum Gasteiger partial charge on any atom is -0.353 e. The molecule has 0 spiro atoms. The highest BCUT2D eigenvalue weighted by molar-refractivity contribution is 6.18. The van der Waals surface area contributed by atoms with Gasteiger partial charge in [-0.3, -0.25) is 14.4 Å². The van der Waals surface area contributed by atoms with E-state index in [0.717, 1.165) is 31.2 Å². The molecule has 1 heterocycles. The largest absolute Gasteiger partial charge is 0.353 e. The average Bonchev–Trinajstić information content (AvgIpc) is 2.86. The summed E-state index contributed by atoms with van der Waals surface area (Å²) in [6.45, 7) is 1.96. The molecule has 1 unspecified atom stereocenters. The van der Waals surface area contributed by atoms with Crippen molar-refractivity contribution in [3.63, 3.8) is 0 Å². The van der Waals surface area contributed by atoms with Gasteiger partial charge in [-0.1, -0.05) is 61.2 Å². The summed E-state index contributed by atoms with van der Waals surface area (Å²) in [6.07, 6.45) is 5.21. The molecule has 0 bridgehead atoms. The summed E-state index contributed by atoms with van der Waals surface area (Å²) >= 11 is 0. The number of carbonyl (C=O) groups is 3. The van der Waals surface area contributed by atoms with Crippen LogP contribution in [-0.2, 0) is 14.4 Å². The van der Waals surface area contributed by atoms with E-state index in [1.54, 1.807) is 24.3 Å². The van der Waals surface area contributed by atoms with Crippen molar-refractivity contribution in [2.45, 2.75) is 51.0 Å². The van der Waals surface area contributed by atoms with Crippen molar-refractivity contribution in [2.75, 3.05) is 10.6 Å².